The molecule has 3 N–H and O–H groups in total. The molecule has 7 heteroatoms. The van der Waals surface area contributed by atoms with Crippen LogP contribution >= 0.6 is 0 Å². The Bertz CT molecular complexity index is 1310. The number of unbranched alkanes of at least 4 members (excludes halogenated alkanes) is 4. The van der Waals surface area contributed by atoms with Gasteiger partial charge in [-0.2, -0.15) is 9.78 Å². The van der Waals surface area contributed by atoms with E-state index in [1.165, 1.54) is 23.9 Å². The molecule has 0 aliphatic carbocycles. The van der Waals surface area contributed by atoms with E-state index in [4.69, 9.17) is 15.7 Å². The van der Waals surface area contributed by atoms with Gasteiger partial charge in [0.15, 0.2) is 5.65 Å². The second-order valence-corrected chi connectivity index (χ2v) is 8.23. The summed E-state index contributed by atoms with van der Waals surface area (Å²) in [5.74, 6) is -0.0176. The number of fused-ring (bicyclic) bond motifs is 2. The zero-order chi connectivity index (χ0) is 23.2. The number of anilines is 1. The third-order valence-corrected chi connectivity index (χ3v) is 5.77. The van der Waals surface area contributed by atoms with Crippen LogP contribution in [0.4, 0.5) is 5.82 Å². The van der Waals surface area contributed by atoms with Crippen molar-refractivity contribution in [1.29, 1.82) is 0 Å². The molecule has 0 radical (unpaired) electrons. The standard InChI is InChI=1S/C26H30N6O/c1-3-4-5-6-11-16-28-26(33)22-23-25(31-21-15-10-9-14-20(21)30-23)32(24(22)27)29-17-19-13-8-7-12-18(19)2/h7-10,12-15,17H,3-6,11,16,27H2,1-2H3,(H,28,33). The summed E-state index contributed by atoms with van der Waals surface area (Å²) in [7, 11) is 0. The summed E-state index contributed by atoms with van der Waals surface area (Å²) in [6, 6.07) is 15.5. The molecule has 0 saturated heterocycles. The number of nitrogens with zero attached hydrogens (tertiary/aromatic N) is 4. The van der Waals surface area contributed by atoms with Gasteiger partial charge in [0.25, 0.3) is 5.91 Å². The maximum Gasteiger partial charge on any atom is 0.257 e. The lowest BCUT2D eigenvalue weighted by atomic mass is 10.1. The summed E-state index contributed by atoms with van der Waals surface area (Å²) in [5, 5.41) is 7.59. The van der Waals surface area contributed by atoms with Crippen LogP contribution in [-0.4, -0.2) is 33.3 Å². The average Bonchev–Trinajstić information content (AvgIpc) is 3.09. The number of nitrogens with one attached hydrogen (secondary N) is 1. The van der Waals surface area contributed by atoms with E-state index < -0.39 is 0 Å². The van der Waals surface area contributed by atoms with Crippen molar-refractivity contribution in [2.75, 3.05) is 12.3 Å². The minimum absolute atomic E-state index is 0.230. The largest absolute Gasteiger partial charge is 0.383 e. The lowest BCUT2D eigenvalue weighted by Crippen LogP contribution is -2.25. The fourth-order valence-electron chi connectivity index (χ4n) is 3.86. The first-order valence-corrected chi connectivity index (χ1v) is 11.5. The monoisotopic (exact) mass is 442 g/mol. The molecule has 0 unspecified atom stereocenters. The number of nitrogens with two attached hydrogens (primary N) is 1. The lowest BCUT2D eigenvalue weighted by molar-refractivity contribution is 0.0955. The van der Waals surface area contributed by atoms with E-state index in [-0.39, 0.29) is 11.7 Å². The smallest absolute Gasteiger partial charge is 0.257 e. The highest BCUT2D eigenvalue weighted by Crippen LogP contribution is 2.28. The molecule has 0 bridgehead atoms. The Morgan fingerprint density at radius 3 is 2.48 bits per heavy atom. The van der Waals surface area contributed by atoms with Gasteiger partial charge in [0.05, 0.1) is 17.2 Å². The van der Waals surface area contributed by atoms with Crippen LogP contribution in [0.1, 0.15) is 60.5 Å². The highest BCUT2D eigenvalue weighted by atomic mass is 16.1. The summed E-state index contributed by atoms with van der Waals surface area (Å²) in [6.45, 7) is 4.81. The fourth-order valence-corrected chi connectivity index (χ4v) is 3.86. The Morgan fingerprint density at radius 1 is 1.03 bits per heavy atom. The van der Waals surface area contributed by atoms with Gasteiger partial charge >= 0.3 is 0 Å². The Kier molecular flexibility index (Phi) is 6.98. The number of benzene rings is 2. The predicted octanol–water partition coefficient (Wildman–Crippen LogP) is 5.06. The minimum Gasteiger partial charge on any atom is -0.383 e. The van der Waals surface area contributed by atoms with Crippen molar-refractivity contribution < 1.29 is 4.79 Å². The van der Waals surface area contributed by atoms with Crippen LogP contribution in [-0.2, 0) is 0 Å². The lowest BCUT2D eigenvalue weighted by Gasteiger charge is -2.05. The van der Waals surface area contributed by atoms with Crippen LogP contribution in [0.3, 0.4) is 0 Å². The molecule has 0 aliphatic heterocycles. The SMILES string of the molecule is CCCCCCCNC(=O)c1c(N)n(N=Cc2ccccc2C)c2nc3ccccc3nc12. The molecule has 7 nitrogen and oxygen atoms in total. The molecule has 4 rings (SSSR count). The molecule has 0 atom stereocenters. The van der Waals surface area contributed by atoms with Gasteiger partial charge in [0.2, 0.25) is 0 Å². The zero-order valence-corrected chi connectivity index (χ0v) is 19.2. The summed E-state index contributed by atoms with van der Waals surface area (Å²) >= 11 is 0. The molecular formula is C26H30N6O. The van der Waals surface area contributed by atoms with Gasteiger partial charge in [-0.3, -0.25) is 4.79 Å². The van der Waals surface area contributed by atoms with Crippen LogP contribution in [0.15, 0.2) is 53.6 Å². The van der Waals surface area contributed by atoms with Gasteiger partial charge < -0.3 is 11.1 Å². The molecule has 0 aliphatic rings. The maximum atomic E-state index is 13.1. The number of hydrogen-bond donors (Lipinski definition) is 2. The van der Waals surface area contributed by atoms with Crippen molar-refractivity contribution in [3.8, 4) is 0 Å². The number of para-hydroxylation sites is 2. The van der Waals surface area contributed by atoms with E-state index in [1.807, 2.05) is 55.5 Å². The van der Waals surface area contributed by atoms with Crippen LogP contribution in [0.5, 0.6) is 0 Å². The van der Waals surface area contributed by atoms with Gasteiger partial charge in [-0.1, -0.05) is 69.0 Å². The number of carbonyl (C=O) groups excluding carboxylic acids is 1. The second kappa shape index (κ2) is 10.3. The van der Waals surface area contributed by atoms with Crippen molar-refractivity contribution in [3.63, 3.8) is 0 Å². The first kappa shape index (κ1) is 22.5. The van der Waals surface area contributed by atoms with Crippen molar-refractivity contribution >= 4 is 40.1 Å². The molecule has 4 aromatic rings. The molecular weight excluding hydrogens is 412 g/mol. The van der Waals surface area contributed by atoms with E-state index in [0.717, 1.165) is 29.5 Å². The second-order valence-electron chi connectivity index (χ2n) is 8.23. The summed E-state index contributed by atoms with van der Waals surface area (Å²) < 4.78 is 1.51. The first-order chi connectivity index (χ1) is 16.1. The van der Waals surface area contributed by atoms with Gasteiger partial charge in [-0.05, 0) is 36.6 Å². The van der Waals surface area contributed by atoms with Crippen LogP contribution in [0.25, 0.3) is 22.2 Å². The molecule has 2 heterocycles. The summed E-state index contributed by atoms with van der Waals surface area (Å²) in [5.41, 5.74) is 11.2. The number of nitrogen functional groups attached to an aromatic ring is 1. The number of amides is 1. The Hall–Kier alpha value is -3.74. The van der Waals surface area contributed by atoms with E-state index in [0.29, 0.717) is 28.8 Å². The Labute approximate surface area is 193 Å². The van der Waals surface area contributed by atoms with Crippen LogP contribution in [0, 0.1) is 6.92 Å². The number of hydrogen-bond acceptors (Lipinski definition) is 5. The quantitative estimate of drug-likeness (QED) is 0.280. The average molecular weight is 443 g/mol. The summed E-state index contributed by atoms with van der Waals surface area (Å²) in [6.07, 6.45) is 7.35. The van der Waals surface area contributed by atoms with Gasteiger partial charge in [0.1, 0.15) is 16.9 Å². The highest BCUT2D eigenvalue weighted by Gasteiger charge is 2.23. The van der Waals surface area contributed by atoms with Gasteiger partial charge in [-0.15, -0.1) is 0 Å². The van der Waals surface area contributed by atoms with Crippen LogP contribution < -0.4 is 11.1 Å². The predicted molar refractivity (Wildman–Crippen MR) is 135 cm³/mol. The topological polar surface area (TPSA) is 98.2 Å². The third-order valence-electron chi connectivity index (χ3n) is 5.77. The molecule has 0 fully saturated rings. The molecule has 2 aromatic carbocycles. The van der Waals surface area contributed by atoms with Gasteiger partial charge in [0, 0.05) is 6.54 Å². The van der Waals surface area contributed by atoms with Crippen molar-refractivity contribution in [2.24, 2.45) is 5.10 Å². The van der Waals surface area contributed by atoms with Crippen LogP contribution in [0.2, 0.25) is 0 Å². The third kappa shape index (κ3) is 4.87. The minimum atomic E-state index is -0.248. The van der Waals surface area contributed by atoms with Gasteiger partial charge in [-0.25, -0.2) is 9.97 Å². The molecule has 33 heavy (non-hydrogen) atoms. The van der Waals surface area contributed by atoms with Crippen molar-refractivity contribution in [1.82, 2.24) is 20.0 Å². The Morgan fingerprint density at radius 2 is 1.73 bits per heavy atom. The van der Waals surface area contributed by atoms with E-state index >= 15 is 0 Å². The molecule has 170 valence electrons. The molecule has 2 aromatic heterocycles. The van der Waals surface area contributed by atoms with E-state index in [2.05, 4.69) is 17.3 Å². The fraction of sp³-hybridized carbons (Fsp3) is 0.308. The van der Waals surface area contributed by atoms with Crippen molar-refractivity contribution in [3.05, 3.63) is 65.2 Å². The normalized spacial score (nSPS) is 11.6. The van der Waals surface area contributed by atoms with Crippen molar-refractivity contribution in [2.45, 2.75) is 46.0 Å². The molecule has 0 saturated carbocycles. The number of aromatic nitrogens is 3. The highest BCUT2D eigenvalue weighted by molar-refractivity contribution is 6.10. The zero-order valence-electron chi connectivity index (χ0n) is 19.2. The number of rotatable bonds is 9. The molecule has 0 spiro atoms. The Balaban J connectivity index is 1.71. The van der Waals surface area contributed by atoms with E-state index in [9.17, 15) is 4.79 Å². The number of carbonyl (C=O) groups is 1. The molecule has 1 amide bonds. The number of aryl methyl sites for hydroxylation is 1. The first-order valence-electron chi connectivity index (χ1n) is 11.5. The maximum absolute atomic E-state index is 13.1. The summed E-state index contributed by atoms with van der Waals surface area (Å²) in [4.78, 5) is 22.6. The van der Waals surface area contributed by atoms with E-state index in [1.54, 1.807) is 6.21 Å².